The quantitative estimate of drug-likeness (QED) is 0.837. The molecule has 2 rings (SSSR count). The first-order valence-corrected chi connectivity index (χ1v) is 7.80. The molecule has 19 heavy (non-hydrogen) atoms. The van der Waals surface area contributed by atoms with Gasteiger partial charge in [-0.1, -0.05) is 32.4 Å². The molecule has 0 aromatic heterocycles. The molecule has 2 nitrogen and oxygen atoms in total. The monoisotopic (exact) mass is 261 g/mol. The van der Waals surface area contributed by atoms with Gasteiger partial charge in [-0.05, 0) is 56.3 Å². The molecule has 0 aliphatic heterocycles. The molecule has 1 N–H and O–H groups in total. The van der Waals surface area contributed by atoms with Gasteiger partial charge in [0.15, 0.2) is 0 Å². The normalized spacial score (nSPS) is 23.3. The van der Waals surface area contributed by atoms with Gasteiger partial charge in [-0.25, -0.2) is 0 Å². The van der Waals surface area contributed by atoms with Gasteiger partial charge in [-0.3, -0.25) is 0 Å². The van der Waals surface area contributed by atoms with E-state index in [1.165, 1.54) is 31.2 Å². The van der Waals surface area contributed by atoms with E-state index in [4.69, 9.17) is 4.74 Å². The Morgan fingerprint density at radius 1 is 1.16 bits per heavy atom. The Hall–Kier alpha value is -1.02. The summed E-state index contributed by atoms with van der Waals surface area (Å²) in [6.07, 6.45) is 7.65. The Morgan fingerprint density at radius 3 is 2.63 bits per heavy atom. The van der Waals surface area contributed by atoms with Gasteiger partial charge in [0.05, 0.1) is 0 Å². The van der Waals surface area contributed by atoms with Crippen molar-refractivity contribution in [3.8, 4) is 5.75 Å². The van der Waals surface area contributed by atoms with Gasteiger partial charge >= 0.3 is 0 Å². The van der Waals surface area contributed by atoms with Crippen LogP contribution in [0.1, 0.15) is 51.5 Å². The van der Waals surface area contributed by atoms with E-state index in [0.29, 0.717) is 12.1 Å². The highest BCUT2D eigenvalue weighted by molar-refractivity contribution is 5.27. The van der Waals surface area contributed by atoms with E-state index in [-0.39, 0.29) is 0 Å². The Balaban J connectivity index is 1.85. The van der Waals surface area contributed by atoms with Crippen molar-refractivity contribution in [1.29, 1.82) is 0 Å². The second-order valence-electron chi connectivity index (χ2n) is 5.56. The molecule has 2 atom stereocenters. The number of hydrogen-bond acceptors (Lipinski definition) is 2. The predicted molar refractivity (Wildman–Crippen MR) is 80.8 cm³/mol. The van der Waals surface area contributed by atoms with E-state index in [9.17, 15) is 0 Å². The molecule has 0 amide bonds. The summed E-state index contributed by atoms with van der Waals surface area (Å²) in [5, 5.41) is 3.55. The maximum absolute atomic E-state index is 6.13. The van der Waals surface area contributed by atoms with Crippen LogP contribution in [0.3, 0.4) is 0 Å². The number of hydrogen-bond donors (Lipinski definition) is 1. The molecule has 0 radical (unpaired) electrons. The topological polar surface area (TPSA) is 21.3 Å². The average Bonchev–Trinajstić information content (AvgIpc) is 2.42. The highest BCUT2D eigenvalue weighted by atomic mass is 16.5. The molecule has 1 saturated carbocycles. The molecule has 1 fully saturated rings. The van der Waals surface area contributed by atoms with Crippen LogP contribution in [-0.2, 0) is 6.42 Å². The van der Waals surface area contributed by atoms with Gasteiger partial charge in [0.25, 0.3) is 0 Å². The molecule has 0 spiro atoms. The Bertz CT molecular complexity index is 358. The number of aryl methyl sites for hydroxylation is 1. The molecular weight excluding hydrogens is 234 g/mol. The van der Waals surface area contributed by atoms with Gasteiger partial charge in [-0.2, -0.15) is 0 Å². The lowest BCUT2D eigenvalue weighted by Crippen LogP contribution is -2.37. The zero-order chi connectivity index (χ0) is 13.5. The summed E-state index contributed by atoms with van der Waals surface area (Å²) < 4.78 is 6.13. The molecule has 2 heteroatoms. The van der Waals surface area contributed by atoms with Crippen molar-refractivity contribution in [2.75, 3.05) is 6.54 Å². The third-order valence-corrected chi connectivity index (χ3v) is 3.88. The molecule has 2 unspecified atom stereocenters. The van der Waals surface area contributed by atoms with E-state index >= 15 is 0 Å². The van der Waals surface area contributed by atoms with Crippen LogP contribution >= 0.6 is 0 Å². The van der Waals surface area contributed by atoms with Gasteiger partial charge in [-0.15, -0.1) is 0 Å². The highest BCUT2D eigenvalue weighted by Gasteiger charge is 2.22. The molecule has 106 valence electrons. The number of rotatable bonds is 6. The first-order chi connectivity index (χ1) is 9.31. The van der Waals surface area contributed by atoms with Crippen molar-refractivity contribution in [3.63, 3.8) is 0 Å². The molecule has 0 bridgehead atoms. The molecule has 1 aromatic rings. The number of benzene rings is 1. The Morgan fingerprint density at radius 2 is 1.95 bits per heavy atom. The van der Waals surface area contributed by atoms with E-state index < -0.39 is 0 Å². The lowest BCUT2D eigenvalue weighted by Gasteiger charge is -2.30. The third kappa shape index (κ3) is 4.54. The number of ether oxygens (including phenoxy) is 1. The van der Waals surface area contributed by atoms with Crippen molar-refractivity contribution in [2.45, 2.75) is 64.5 Å². The zero-order valence-corrected chi connectivity index (χ0v) is 12.3. The van der Waals surface area contributed by atoms with E-state index in [1.807, 2.05) is 0 Å². The smallest absolute Gasteiger partial charge is 0.119 e. The van der Waals surface area contributed by atoms with Gasteiger partial charge in [0.2, 0.25) is 0 Å². The summed E-state index contributed by atoms with van der Waals surface area (Å²) in [4.78, 5) is 0. The second kappa shape index (κ2) is 7.54. The minimum absolute atomic E-state index is 0.384. The van der Waals surface area contributed by atoms with Gasteiger partial charge in [0.1, 0.15) is 11.9 Å². The summed E-state index contributed by atoms with van der Waals surface area (Å²) >= 11 is 0. The fourth-order valence-corrected chi connectivity index (χ4v) is 2.94. The van der Waals surface area contributed by atoms with Crippen molar-refractivity contribution >= 4 is 0 Å². The Kier molecular flexibility index (Phi) is 5.71. The van der Waals surface area contributed by atoms with Crippen molar-refractivity contribution in [2.24, 2.45) is 0 Å². The third-order valence-electron chi connectivity index (χ3n) is 3.88. The minimum Gasteiger partial charge on any atom is -0.490 e. The van der Waals surface area contributed by atoms with Crippen LogP contribution < -0.4 is 10.1 Å². The molecule has 1 aliphatic rings. The summed E-state index contributed by atoms with van der Waals surface area (Å²) in [6, 6.07) is 9.29. The summed E-state index contributed by atoms with van der Waals surface area (Å²) in [7, 11) is 0. The first kappa shape index (κ1) is 14.4. The lowest BCUT2D eigenvalue weighted by molar-refractivity contribution is 0.135. The van der Waals surface area contributed by atoms with Crippen molar-refractivity contribution < 1.29 is 4.74 Å². The zero-order valence-electron chi connectivity index (χ0n) is 12.3. The standard InChI is InChI=1S/C17H27NO/c1-3-6-14-9-11-16(12-10-14)19-17-8-5-7-15(13-17)18-4-2/h9-12,15,17-18H,3-8,13H2,1-2H3. The van der Waals surface area contributed by atoms with Crippen LogP contribution in [0.2, 0.25) is 0 Å². The summed E-state index contributed by atoms with van der Waals surface area (Å²) in [5.74, 6) is 1.03. The van der Waals surface area contributed by atoms with Crippen LogP contribution in [0.4, 0.5) is 0 Å². The number of nitrogens with one attached hydrogen (secondary N) is 1. The molecule has 0 heterocycles. The van der Waals surface area contributed by atoms with Crippen LogP contribution in [0.25, 0.3) is 0 Å². The van der Waals surface area contributed by atoms with Crippen molar-refractivity contribution in [1.82, 2.24) is 5.32 Å². The molecule has 0 saturated heterocycles. The van der Waals surface area contributed by atoms with Crippen LogP contribution in [0.15, 0.2) is 24.3 Å². The molecular formula is C17H27NO. The fourth-order valence-electron chi connectivity index (χ4n) is 2.94. The SMILES string of the molecule is CCCc1ccc(OC2CCCC(NCC)C2)cc1. The van der Waals surface area contributed by atoms with E-state index in [2.05, 4.69) is 43.4 Å². The highest BCUT2D eigenvalue weighted by Crippen LogP contribution is 2.24. The van der Waals surface area contributed by atoms with Crippen LogP contribution in [0.5, 0.6) is 5.75 Å². The van der Waals surface area contributed by atoms with Crippen molar-refractivity contribution in [3.05, 3.63) is 29.8 Å². The maximum atomic E-state index is 6.13. The van der Waals surface area contributed by atoms with Crippen LogP contribution in [-0.4, -0.2) is 18.7 Å². The largest absolute Gasteiger partial charge is 0.490 e. The van der Waals surface area contributed by atoms with E-state index in [1.54, 1.807) is 0 Å². The van der Waals surface area contributed by atoms with Crippen LogP contribution in [0, 0.1) is 0 Å². The second-order valence-corrected chi connectivity index (χ2v) is 5.56. The Labute approximate surface area is 117 Å². The molecule has 1 aliphatic carbocycles. The summed E-state index contributed by atoms with van der Waals surface area (Å²) in [5.41, 5.74) is 1.41. The lowest BCUT2D eigenvalue weighted by atomic mass is 9.93. The predicted octanol–water partition coefficient (Wildman–Crippen LogP) is 3.94. The van der Waals surface area contributed by atoms with Gasteiger partial charge < -0.3 is 10.1 Å². The first-order valence-electron chi connectivity index (χ1n) is 7.80. The fraction of sp³-hybridized carbons (Fsp3) is 0.647. The summed E-state index contributed by atoms with van der Waals surface area (Å²) in [6.45, 7) is 5.45. The van der Waals surface area contributed by atoms with E-state index in [0.717, 1.165) is 25.1 Å². The molecule has 1 aromatic carbocycles. The minimum atomic E-state index is 0.384. The van der Waals surface area contributed by atoms with Gasteiger partial charge in [0, 0.05) is 6.04 Å². The average molecular weight is 261 g/mol. The maximum Gasteiger partial charge on any atom is 0.119 e.